The molecule has 1 aromatic rings. The topological polar surface area (TPSA) is 72.6 Å². The summed E-state index contributed by atoms with van der Waals surface area (Å²) in [6.07, 6.45) is 1.45. The van der Waals surface area contributed by atoms with Gasteiger partial charge in [0.25, 0.3) is 0 Å². The number of nitrogens with two attached hydrogens (primary N) is 1. The number of aryl methyl sites for hydroxylation is 1. The van der Waals surface area contributed by atoms with Gasteiger partial charge in [-0.1, -0.05) is 22.0 Å². The lowest BCUT2D eigenvalue weighted by molar-refractivity contribution is 0.0356. The maximum atomic E-state index is 10.9. The first-order valence-corrected chi connectivity index (χ1v) is 7.90. The molecule has 0 bridgehead atoms. The van der Waals surface area contributed by atoms with E-state index in [-0.39, 0.29) is 12.5 Å². The summed E-state index contributed by atoms with van der Waals surface area (Å²) < 4.78 is 6.17. The number of ether oxygens (including phenoxy) is 1. The Morgan fingerprint density at radius 3 is 2.62 bits per heavy atom. The van der Waals surface area contributed by atoms with Gasteiger partial charge in [-0.2, -0.15) is 0 Å². The van der Waals surface area contributed by atoms with Crippen molar-refractivity contribution in [1.29, 1.82) is 0 Å². The molecule has 0 heterocycles. The van der Waals surface area contributed by atoms with Crippen LogP contribution in [0.4, 0.5) is 4.79 Å². The Labute approximate surface area is 134 Å². The van der Waals surface area contributed by atoms with E-state index in [9.17, 15) is 9.90 Å². The standard InChI is InChI=1S/C16H24BrNO3/c1-11-10-13(17)4-5-14(11)12(7-9-19)6-8-16(2,3)21-15(18)20/h4-5,10,12,19H,6-9H2,1-3H3,(H2,18,20). The number of halogens is 1. The molecule has 1 atom stereocenters. The quantitative estimate of drug-likeness (QED) is 0.777. The van der Waals surface area contributed by atoms with Crippen LogP contribution in [0.2, 0.25) is 0 Å². The Morgan fingerprint density at radius 1 is 1.43 bits per heavy atom. The lowest BCUT2D eigenvalue weighted by Crippen LogP contribution is -2.31. The first kappa shape index (κ1) is 18.0. The number of carbonyl (C=O) groups excluding carboxylic acids is 1. The molecule has 0 fully saturated rings. The van der Waals surface area contributed by atoms with Crippen molar-refractivity contribution in [3.8, 4) is 0 Å². The van der Waals surface area contributed by atoms with Gasteiger partial charge in [-0.15, -0.1) is 0 Å². The third kappa shape index (κ3) is 6.06. The molecule has 1 amide bonds. The molecule has 0 radical (unpaired) electrons. The molecule has 21 heavy (non-hydrogen) atoms. The van der Waals surface area contributed by atoms with Crippen LogP contribution in [0.1, 0.15) is 50.2 Å². The zero-order valence-corrected chi connectivity index (χ0v) is 14.4. The van der Waals surface area contributed by atoms with Crippen molar-refractivity contribution in [3.05, 3.63) is 33.8 Å². The summed E-state index contributed by atoms with van der Waals surface area (Å²) in [5, 5.41) is 9.30. The predicted octanol–water partition coefficient (Wildman–Crippen LogP) is 3.88. The summed E-state index contributed by atoms with van der Waals surface area (Å²) in [7, 11) is 0. The highest BCUT2D eigenvalue weighted by Crippen LogP contribution is 2.32. The summed E-state index contributed by atoms with van der Waals surface area (Å²) in [5.41, 5.74) is 6.91. The van der Waals surface area contributed by atoms with Crippen LogP contribution in [0, 0.1) is 6.92 Å². The average molecular weight is 358 g/mol. The van der Waals surface area contributed by atoms with Crippen LogP contribution in [0.3, 0.4) is 0 Å². The normalized spacial score (nSPS) is 13.0. The van der Waals surface area contributed by atoms with Crippen LogP contribution >= 0.6 is 15.9 Å². The first-order valence-electron chi connectivity index (χ1n) is 7.10. The second kappa shape index (κ2) is 7.80. The van der Waals surface area contributed by atoms with Crippen LogP contribution < -0.4 is 5.73 Å². The number of primary amides is 1. The lowest BCUT2D eigenvalue weighted by atomic mass is 9.85. The van der Waals surface area contributed by atoms with E-state index >= 15 is 0 Å². The van der Waals surface area contributed by atoms with Crippen molar-refractivity contribution in [2.24, 2.45) is 5.73 Å². The fraction of sp³-hybridized carbons (Fsp3) is 0.562. The zero-order chi connectivity index (χ0) is 16.0. The second-order valence-corrected chi connectivity index (χ2v) is 6.85. The Balaban J connectivity index is 2.80. The maximum absolute atomic E-state index is 10.9. The molecule has 1 unspecified atom stereocenters. The average Bonchev–Trinajstić information content (AvgIpc) is 2.33. The van der Waals surface area contributed by atoms with Crippen molar-refractivity contribution in [1.82, 2.24) is 0 Å². The number of hydrogen-bond donors (Lipinski definition) is 2. The third-order valence-electron chi connectivity index (χ3n) is 3.62. The number of aliphatic hydroxyl groups is 1. The van der Waals surface area contributed by atoms with Gasteiger partial charge in [0.15, 0.2) is 0 Å². The summed E-state index contributed by atoms with van der Waals surface area (Å²) in [5.74, 6) is 0.235. The van der Waals surface area contributed by atoms with E-state index < -0.39 is 11.7 Å². The number of hydrogen-bond acceptors (Lipinski definition) is 3. The molecule has 5 heteroatoms. The SMILES string of the molecule is Cc1cc(Br)ccc1C(CCO)CCC(C)(C)OC(N)=O. The Kier molecular flexibility index (Phi) is 6.68. The van der Waals surface area contributed by atoms with Gasteiger partial charge in [0, 0.05) is 11.1 Å². The van der Waals surface area contributed by atoms with Gasteiger partial charge in [0.2, 0.25) is 0 Å². The third-order valence-corrected chi connectivity index (χ3v) is 4.11. The van der Waals surface area contributed by atoms with Gasteiger partial charge in [-0.3, -0.25) is 0 Å². The number of amides is 1. The highest BCUT2D eigenvalue weighted by atomic mass is 79.9. The van der Waals surface area contributed by atoms with Gasteiger partial charge in [-0.25, -0.2) is 4.79 Å². The molecule has 0 aliphatic carbocycles. The smallest absolute Gasteiger partial charge is 0.405 e. The van der Waals surface area contributed by atoms with Crippen molar-refractivity contribution >= 4 is 22.0 Å². The van der Waals surface area contributed by atoms with Crippen molar-refractivity contribution in [2.45, 2.75) is 51.6 Å². The van der Waals surface area contributed by atoms with Crippen molar-refractivity contribution in [3.63, 3.8) is 0 Å². The predicted molar refractivity (Wildman–Crippen MR) is 87.3 cm³/mol. The minimum absolute atomic E-state index is 0.136. The zero-order valence-electron chi connectivity index (χ0n) is 12.9. The van der Waals surface area contributed by atoms with Crippen molar-refractivity contribution in [2.75, 3.05) is 6.61 Å². The number of rotatable bonds is 7. The van der Waals surface area contributed by atoms with Gasteiger partial charge in [-0.05, 0) is 69.2 Å². The minimum atomic E-state index is -0.751. The molecule has 4 nitrogen and oxygen atoms in total. The van der Waals surface area contributed by atoms with Crippen LogP contribution in [-0.4, -0.2) is 23.4 Å². The second-order valence-electron chi connectivity index (χ2n) is 5.93. The lowest BCUT2D eigenvalue weighted by Gasteiger charge is -2.27. The van der Waals surface area contributed by atoms with E-state index in [1.54, 1.807) is 0 Å². The molecule has 0 spiro atoms. The molecular weight excluding hydrogens is 334 g/mol. The van der Waals surface area contributed by atoms with Crippen LogP contribution in [0.25, 0.3) is 0 Å². The molecule has 118 valence electrons. The molecule has 0 aromatic heterocycles. The molecule has 0 saturated carbocycles. The molecule has 1 rings (SSSR count). The van der Waals surface area contributed by atoms with Crippen LogP contribution in [0.5, 0.6) is 0 Å². The Bertz CT molecular complexity index is 488. The molecule has 1 aromatic carbocycles. The molecule has 0 aliphatic rings. The molecular formula is C16H24BrNO3. The fourth-order valence-electron chi connectivity index (χ4n) is 2.55. The summed E-state index contributed by atoms with van der Waals surface area (Å²) in [6, 6.07) is 6.17. The van der Waals surface area contributed by atoms with E-state index in [1.807, 2.05) is 19.9 Å². The highest BCUT2D eigenvalue weighted by Gasteiger charge is 2.24. The monoisotopic (exact) mass is 357 g/mol. The first-order chi connectivity index (χ1) is 9.75. The van der Waals surface area contributed by atoms with E-state index in [2.05, 4.69) is 35.0 Å². The minimum Gasteiger partial charge on any atom is -0.444 e. The van der Waals surface area contributed by atoms with Gasteiger partial charge in [0.05, 0.1) is 0 Å². The van der Waals surface area contributed by atoms with Crippen LogP contribution in [0.15, 0.2) is 22.7 Å². The van der Waals surface area contributed by atoms with Gasteiger partial charge < -0.3 is 15.6 Å². The van der Waals surface area contributed by atoms with E-state index in [0.717, 1.165) is 10.9 Å². The van der Waals surface area contributed by atoms with E-state index in [0.29, 0.717) is 12.8 Å². The fourth-order valence-corrected chi connectivity index (χ4v) is 3.03. The molecule has 0 saturated heterocycles. The van der Waals surface area contributed by atoms with E-state index in [1.165, 1.54) is 11.1 Å². The number of benzene rings is 1. The maximum Gasteiger partial charge on any atom is 0.405 e. The summed E-state index contributed by atoms with van der Waals surface area (Å²) in [4.78, 5) is 10.9. The number of carbonyl (C=O) groups is 1. The Morgan fingerprint density at radius 2 is 2.10 bits per heavy atom. The summed E-state index contributed by atoms with van der Waals surface area (Å²) in [6.45, 7) is 5.90. The van der Waals surface area contributed by atoms with Gasteiger partial charge in [0.1, 0.15) is 5.60 Å². The van der Waals surface area contributed by atoms with Gasteiger partial charge >= 0.3 is 6.09 Å². The van der Waals surface area contributed by atoms with Crippen molar-refractivity contribution < 1.29 is 14.6 Å². The van der Waals surface area contributed by atoms with Crippen LogP contribution in [-0.2, 0) is 4.74 Å². The van der Waals surface area contributed by atoms with E-state index in [4.69, 9.17) is 10.5 Å². The highest BCUT2D eigenvalue weighted by molar-refractivity contribution is 9.10. The molecule has 3 N–H and O–H groups in total. The number of aliphatic hydroxyl groups excluding tert-OH is 1. The Hall–Kier alpha value is -1.07. The summed E-state index contributed by atoms with van der Waals surface area (Å²) >= 11 is 3.46. The largest absolute Gasteiger partial charge is 0.444 e. The molecule has 0 aliphatic heterocycles.